The number of likely N-dealkylation sites (tertiary alicyclic amines) is 1. The number of piperazine rings is 1. The smallest absolute Gasteiger partial charge is 0.298 e. The third kappa shape index (κ3) is 4.36. The fourth-order valence-corrected chi connectivity index (χ4v) is 4.67. The van der Waals surface area contributed by atoms with Gasteiger partial charge >= 0.3 is 0 Å². The van der Waals surface area contributed by atoms with Crippen molar-refractivity contribution in [2.75, 3.05) is 57.8 Å². The predicted molar refractivity (Wildman–Crippen MR) is 128 cm³/mol. The van der Waals surface area contributed by atoms with Gasteiger partial charge in [0.25, 0.3) is 5.91 Å². The number of aromatic nitrogens is 3. The highest BCUT2D eigenvalue weighted by atomic mass is 19.1. The fourth-order valence-electron chi connectivity index (χ4n) is 4.67. The lowest BCUT2D eigenvalue weighted by molar-refractivity contribution is -0.125. The van der Waals surface area contributed by atoms with E-state index in [0.29, 0.717) is 56.1 Å². The number of halogens is 1. The first-order valence-corrected chi connectivity index (χ1v) is 11.3. The molecule has 178 valence electrons. The molecule has 2 aliphatic rings. The molecule has 2 saturated heterocycles. The second kappa shape index (κ2) is 8.90. The summed E-state index contributed by atoms with van der Waals surface area (Å²) < 4.78 is 22.1. The van der Waals surface area contributed by atoms with Crippen LogP contribution in [0.5, 0.6) is 5.75 Å². The van der Waals surface area contributed by atoms with E-state index in [0.717, 1.165) is 16.9 Å². The van der Waals surface area contributed by atoms with Crippen molar-refractivity contribution in [1.29, 1.82) is 5.26 Å². The summed E-state index contributed by atoms with van der Waals surface area (Å²) in [5.41, 5.74) is 1.19. The second-order valence-corrected chi connectivity index (χ2v) is 8.99. The zero-order valence-corrected chi connectivity index (χ0v) is 19.3. The lowest BCUT2D eigenvalue weighted by Gasteiger charge is -2.41. The van der Waals surface area contributed by atoms with Gasteiger partial charge in [0, 0.05) is 56.6 Å². The Hall–Kier alpha value is -4.15. The van der Waals surface area contributed by atoms with Gasteiger partial charge < -0.3 is 14.5 Å². The molecule has 0 radical (unpaired) electrons. The minimum Gasteiger partial charge on any atom is -0.489 e. The average molecular weight is 474 g/mol. The second-order valence-electron chi connectivity index (χ2n) is 8.99. The number of carbonyl (C=O) groups is 1. The van der Waals surface area contributed by atoms with Gasteiger partial charge in [-0.05, 0) is 31.2 Å². The molecule has 35 heavy (non-hydrogen) atoms. The summed E-state index contributed by atoms with van der Waals surface area (Å²) in [7, 11) is 1.86. The van der Waals surface area contributed by atoms with Gasteiger partial charge in [-0.25, -0.2) is 13.9 Å². The van der Waals surface area contributed by atoms with Gasteiger partial charge in [0.2, 0.25) is 0 Å². The van der Waals surface area contributed by atoms with E-state index in [9.17, 15) is 14.4 Å². The van der Waals surface area contributed by atoms with Crippen LogP contribution >= 0.6 is 0 Å². The summed E-state index contributed by atoms with van der Waals surface area (Å²) in [4.78, 5) is 22.0. The van der Waals surface area contributed by atoms with E-state index in [2.05, 4.69) is 27.0 Å². The normalized spacial score (nSPS) is 17.5. The number of alkyl halides is 1. The first-order valence-electron chi connectivity index (χ1n) is 11.3. The SMILES string of the molecule is C#CC(=O)N1CCN(c2ccc(-c3cc(OCC4(F)CN(C)C4)cn4ncc(C#N)c34)cn2)CC1. The monoisotopic (exact) mass is 473 g/mol. The maximum atomic E-state index is 14.7. The quantitative estimate of drug-likeness (QED) is 0.520. The van der Waals surface area contributed by atoms with Crippen molar-refractivity contribution in [2.24, 2.45) is 0 Å². The Kier molecular flexibility index (Phi) is 5.75. The Morgan fingerprint density at radius 1 is 1.26 bits per heavy atom. The number of fused-ring (bicyclic) bond motifs is 1. The van der Waals surface area contributed by atoms with Gasteiger partial charge in [-0.2, -0.15) is 10.4 Å². The molecule has 2 fully saturated rings. The van der Waals surface area contributed by atoms with E-state index in [-0.39, 0.29) is 12.5 Å². The zero-order chi connectivity index (χ0) is 24.6. The summed E-state index contributed by atoms with van der Waals surface area (Å²) >= 11 is 0. The van der Waals surface area contributed by atoms with Crippen LogP contribution in [-0.4, -0.2) is 88.9 Å². The van der Waals surface area contributed by atoms with Crippen LogP contribution in [0, 0.1) is 23.7 Å². The van der Waals surface area contributed by atoms with E-state index in [1.165, 1.54) is 6.20 Å². The molecule has 0 aromatic carbocycles. The fraction of sp³-hybridized carbons (Fsp3) is 0.360. The van der Waals surface area contributed by atoms with Crippen LogP contribution in [0.1, 0.15) is 5.56 Å². The molecule has 3 aromatic rings. The number of ether oxygens (including phenoxy) is 1. The Balaban J connectivity index is 1.39. The summed E-state index contributed by atoms with van der Waals surface area (Å²) in [5.74, 6) is 3.11. The van der Waals surface area contributed by atoms with Crippen LogP contribution in [0.15, 0.2) is 36.8 Å². The van der Waals surface area contributed by atoms with Crippen molar-refractivity contribution >= 4 is 17.2 Å². The number of amides is 1. The molecule has 10 heteroatoms. The number of carbonyl (C=O) groups excluding carboxylic acids is 1. The largest absolute Gasteiger partial charge is 0.489 e. The van der Waals surface area contributed by atoms with Crippen molar-refractivity contribution in [3.05, 3.63) is 42.4 Å². The lowest BCUT2D eigenvalue weighted by atomic mass is 9.98. The Morgan fingerprint density at radius 3 is 2.66 bits per heavy atom. The third-order valence-electron chi connectivity index (χ3n) is 6.38. The van der Waals surface area contributed by atoms with Gasteiger partial charge in [-0.1, -0.05) is 0 Å². The first-order chi connectivity index (χ1) is 16.9. The van der Waals surface area contributed by atoms with E-state index in [1.54, 1.807) is 27.9 Å². The summed E-state index contributed by atoms with van der Waals surface area (Å²) in [6, 6.07) is 7.80. The van der Waals surface area contributed by atoms with Crippen molar-refractivity contribution in [2.45, 2.75) is 5.67 Å². The van der Waals surface area contributed by atoms with E-state index in [1.807, 2.05) is 24.1 Å². The Bertz CT molecular complexity index is 1340. The average Bonchev–Trinajstić information content (AvgIpc) is 3.29. The van der Waals surface area contributed by atoms with Gasteiger partial charge in [0.1, 0.15) is 24.2 Å². The molecule has 1 amide bonds. The van der Waals surface area contributed by atoms with Crippen LogP contribution in [0.2, 0.25) is 0 Å². The molecule has 5 heterocycles. The standard InChI is InChI=1S/C25H24FN7O2/c1-3-23(34)32-8-6-31(7-9-32)22-5-4-18(12-28-22)21-10-20(35-17-25(26)15-30(2)16-25)14-33-24(21)19(11-27)13-29-33/h1,4-5,10,12-14H,6-9,15-17H2,2H3. The molecule has 0 aliphatic carbocycles. The summed E-state index contributed by atoms with van der Waals surface area (Å²) in [6.45, 7) is 2.96. The maximum absolute atomic E-state index is 14.7. The minimum absolute atomic E-state index is 0.0555. The van der Waals surface area contributed by atoms with Crippen LogP contribution in [0.4, 0.5) is 10.2 Å². The molecular weight excluding hydrogens is 449 g/mol. The number of terminal acetylenes is 1. The zero-order valence-electron chi connectivity index (χ0n) is 19.3. The van der Waals surface area contributed by atoms with Gasteiger partial charge in [-0.3, -0.25) is 9.69 Å². The maximum Gasteiger partial charge on any atom is 0.298 e. The molecule has 0 N–H and O–H groups in total. The van der Waals surface area contributed by atoms with Gasteiger partial charge in [-0.15, -0.1) is 6.42 Å². The number of hydrogen-bond donors (Lipinski definition) is 0. The molecule has 0 saturated carbocycles. The number of hydrogen-bond acceptors (Lipinski definition) is 7. The lowest BCUT2D eigenvalue weighted by Crippen LogP contribution is -2.60. The Morgan fingerprint density at radius 2 is 2.03 bits per heavy atom. The number of nitrogens with zero attached hydrogens (tertiary/aromatic N) is 7. The van der Waals surface area contributed by atoms with Crippen molar-refractivity contribution in [3.63, 3.8) is 0 Å². The first kappa shape index (κ1) is 22.6. The molecule has 3 aromatic heterocycles. The molecule has 5 rings (SSSR count). The molecular formula is C25H24FN7O2. The van der Waals surface area contributed by atoms with Crippen molar-refractivity contribution in [1.82, 2.24) is 24.4 Å². The van der Waals surface area contributed by atoms with Crippen LogP contribution in [0.3, 0.4) is 0 Å². The molecule has 2 aliphatic heterocycles. The van der Waals surface area contributed by atoms with Gasteiger partial charge in [0.05, 0.1) is 23.5 Å². The van der Waals surface area contributed by atoms with Crippen molar-refractivity contribution in [3.8, 4) is 35.3 Å². The molecule has 0 bridgehead atoms. The topological polar surface area (TPSA) is 90.0 Å². The minimum atomic E-state index is -1.37. The molecule has 9 nitrogen and oxygen atoms in total. The summed E-state index contributed by atoms with van der Waals surface area (Å²) in [5, 5.41) is 13.9. The number of nitriles is 1. The number of anilines is 1. The highest BCUT2D eigenvalue weighted by Gasteiger charge is 2.42. The van der Waals surface area contributed by atoms with Crippen LogP contribution in [-0.2, 0) is 4.79 Å². The van der Waals surface area contributed by atoms with Crippen LogP contribution in [0.25, 0.3) is 16.6 Å². The summed E-state index contributed by atoms with van der Waals surface area (Å²) in [6.07, 6.45) is 10.1. The van der Waals surface area contributed by atoms with Crippen LogP contribution < -0.4 is 9.64 Å². The van der Waals surface area contributed by atoms with Gasteiger partial charge in [0.15, 0.2) is 5.67 Å². The highest BCUT2D eigenvalue weighted by molar-refractivity contribution is 5.93. The highest BCUT2D eigenvalue weighted by Crippen LogP contribution is 2.32. The Labute approximate surface area is 202 Å². The number of rotatable bonds is 5. The van der Waals surface area contributed by atoms with E-state index >= 15 is 0 Å². The molecule has 0 spiro atoms. The molecule has 0 unspecified atom stereocenters. The number of pyridine rings is 2. The van der Waals surface area contributed by atoms with Crippen molar-refractivity contribution < 1.29 is 13.9 Å². The van der Waals surface area contributed by atoms with E-state index in [4.69, 9.17) is 11.2 Å². The predicted octanol–water partition coefficient (Wildman–Crippen LogP) is 1.58. The third-order valence-corrected chi connectivity index (χ3v) is 6.38. The molecule has 0 atom stereocenters. The van der Waals surface area contributed by atoms with E-state index < -0.39 is 5.67 Å².